The number of hydrogen-bond acceptors (Lipinski definition) is 5. The van der Waals surface area contributed by atoms with E-state index in [0.29, 0.717) is 5.13 Å². The quantitative estimate of drug-likeness (QED) is 0.859. The summed E-state index contributed by atoms with van der Waals surface area (Å²) in [5, 5.41) is 8.52. The molecule has 6 heteroatoms. The van der Waals surface area contributed by atoms with Gasteiger partial charge in [-0.15, -0.1) is 11.3 Å². The van der Waals surface area contributed by atoms with Gasteiger partial charge in [0.1, 0.15) is 0 Å². The van der Waals surface area contributed by atoms with Crippen LogP contribution in [-0.4, -0.2) is 36.7 Å². The number of ether oxygens (including phenoxy) is 1. The third-order valence-electron chi connectivity index (χ3n) is 3.50. The van der Waals surface area contributed by atoms with Gasteiger partial charge in [-0.2, -0.15) is 0 Å². The monoisotopic (exact) mass is 317 g/mol. The minimum atomic E-state index is -0.0769. The number of hydrogen-bond donors (Lipinski definition) is 2. The molecule has 2 aromatic rings. The number of nitrogens with zero attached hydrogens (tertiary/aromatic N) is 1. The summed E-state index contributed by atoms with van der Waals surface area (Å²) < 4.78 is 5.50. The van der Waals surface area contributed by atoms with Crippen LogP contribution < -0.4 is 10.6 Å². The van der Waals surface area contributed by atoms with E-state index in [2.05, 4.69) is 15.6 Å². The largest absolute Gasteiger partial charge is 0.377 e. The van der Waals surface area contributed by atoms with E-state index in [4.69, 9.17) is 4.74 Å². The first-order chi connectivity index (χ1) is 10.8. The first-order valence-electron chi connectivity index (χ1n) is 7.44. The van der Waals surface area contributed by atoms with Gasteiger partial charge in [0.2, 0.25) is 5.91 Å². The number of carbonyl (C=O) groups excluding carboxylic acids is 1. The zero-order valence-corrected chi connectivity index (χ0v) is 13.1. The Kier molecular flexibility index (Phi) is 5.15. The van der Waals surface area contributed by atoms with Crippen molar-refractivity contribution >= 4 is 22.4 Å². The summed E-state index contributed by atoms with van der Waals surface area (Å²) in [4.78, 5) is 16.3. The van der Waals surface area contributed by atoms with Gasteiger partial charge in [0, 0.05) is 24.1 Å². The molecule has 1 amide bonds. The first kappa shape index (κ1) is 15.1. The van der Waals surface area contributed by atoms with Crippen molar-refractivity contribution in [1.82, 2.24) is 10.3 Å². The molecule has 0 saturated carbocycles. The maximum Gasteiger partial charge on any atom is 0.240 e. The van der Waals surface area contributed by atoms with Gasteiger partial charge in [-0.3, -0.25) is 4.79 Å². The molecule has 1 aromatic heterocycles. The van der Waals surface area contributed by atoms with Gasteiger partial charge in [0.05, 0.1) is 18.3 Å². The Hall–Kier alpha value is -1.76. The third-order valence-corrected chi connectivity index (χ3v) is 4.26. The lowest BCUT2D eigenvalue weighted by atomic mass is 10.2. The van der Waals surface area contributed by atoms with Crippen molar-refractivity contribution in [3.8, 4) is 11.3 Å². The Bertz CT molecular complexity index is 609. The molecule has 1 aromatic carbocycles. The minimum Gasteiger partial charge on any atom is -0.377 e. The zero-order valence-electron chi connectivity index (χ0n) is 12.2. The second-order valence-corrected chi connectivity index (χ2v) is 6.08. The number of rotatable bonds is 6. The number of thiazole rings is 1. The second-order valence-electron chi connectivity index (χ2n) is 5.22. The Morgan fingerprint density at radius 1 is 1.36 bits per heavy atom. The van der Waals surface area contributed by atoms with Crippen LogP contribution in [0.1, 0.15) is 12.8 Å². The van der Waals surface area contributed by atoms with Crippen molar-refractivity contribution in [1.29, 1.82) is 0 Å². The summed E-state index contributed by atoms with van der Waals surface area (Å²) in [6.07, 6.45) is 2.43. The van der Waals surface area contributed by atoms with E-state index in [1.165, 1.54) is 11.3 Å². The van der Waals surface area contributed by atoms with Gasteiger partial charge >= 0.3 is 0 Å². The van der Waals surface area contributed by atoms with Crippen LogP contribution in [-0.2, 0) is 9.53 Å². The Morgan fingerprint density at radius 3 is 3.00 bits per heavy atom. The van der Waals surface area contributed by atoms with Crippen molar-refractivity contribution in [3.05, 3.63) is 35.7 Å². The van der Waals surface area contributed by atoms with E-state index < -0.39 is 0 Å². The molecule has 0 spiro atoms. The molecule has 22 heavy (non-hydrogen) atoms. The molecule has 2 heterocycles. The van der Waals surface area contributed by atoms with Crippen molar-refractivity contribution in [2.24, 2.45) is 0 Å². The van der Waals surface area contributed by atoms with Crippen LogP contribution in [0.4, 0.5) is 5.13 Å². The van der Waals surface area contributed by atoms with Gasteiger partial charge in [-0.25, -0.2) is 4.98 Å². The number of amides is 1. The number of carbonyl (C=O) groups is 1. The SMILES string of the molecule is O=C(CNCC1CCCO1)Nc1nc(-c2ccccc2)cs1. The highest BCUT2D eigenvalue weighted by Gasteiger charge is 2.15. The molecule has 0 aliphatic carbocycles. The number of benzene rings is 1. The molecule has 5 nitrogen and oxygen atoms in total. The van der Waals surface area contributed by atoms with Crippen molar-refractivity contribution in [2.45, 2.75) is 18.9 Å². The predicted octanol–water partition coefficient (Wildman–Crippen LogP) is 2.52. The van der Waals surface area contributed by atoms with Crippen molar-refractivity contribution in [2.75, 3.05) is 25.0 Å². The fraction of sp³-hybridized carbons (Fsp3) is 0.375. The smallest absolute Gasteiger partial charge is 0.240 e. The molecule has 1 unspecified atom stereocenters. The lowest BCUT2D eigenvalue weighted by Gasteiger charge is -2.09. The van der Waals surface area contributed by atoms with Crippen LogP contribution in [0, 0.1) is 0 Å². The van der Waals surface area contributed by atoms with Crippen molar-refractivity contribution < 1.29 is 9.53 Å². The standard InChI is InChI=1S/C16H19N3O2S/c20-15(10-17-9-13-7-4-8-21-13)19-16-18-14(11-22-16)12-5-2-1-3-6-12/h1-3,5-6,11,13,17H,4,7-10H2,(H,18,19,20). The highest BCUT2D eigenvalue weighted by molar-refractivity contribution is 7.14. The number of nitrogens with one attached hydrogen (secondary N) is 2. The topological polar surface area (TPSA) is 63.2 Å². The number of aromatic nitrogens is 1. The van der Waals surface area contributed by atoms with Crippen LogP contribution in [0.3, 0.4) is 0 Å². The summed E-state index contributed by atoms with van der Waals surface area (Å²) in [6.45, 7) is 1.83. The van der Waals surface area contributed by atoms with Crippen molar-refractivity contribution in [3.63, 3.8) is 0 Å². The fourth-order valence-corrected chi connectivity index (χ4v) is 3.12. The van der Waals surface area contributed by atoms with Crippen LogP contribution in [0.15, 0.2) is 35.7 Å². The zero-order chi connectivity index (χ0) is 15.2. The molecule has 1 aliphatic rings. The van der Waals surface area contributed by atoms with E-state index in [-0.39, 0.29) is 18.6 Å². The second kappa shape index (κ2) is 7.49. The lowest BCUT2D eigenvalue weighted by molar-refractivity contribution is -0.115. The summed E-state index contributed by atoms with van der Waals surface area (Å²) in [6, 6.07) is 9.93. The molecule has 3 rings (SSSR count). The molecule has 2 N–H and O–H groups in total. The lowest BCUT2D eigenvalue weighted by Crippen LogP contribution is -2.33. The van der Waals surface area contributed by atoms with E-state index in [1.54, 1.807) is 0 Å². The first-order valence-corrected chi connectivity index (χ1v) is 8.32. The van der Waals surface area contributed by atoms with E-state index >= 15 is 0 Å². The highest BCUT2D eigenvalue weighted by atomic mass is 32.1. The predicted molar refractivity (Wildman–Crippen MR) is 88.0 cm³/mol. The van der Waals surface area contributed by atoms with E-state index in [9.17, 15) is 4.79 Å². The van der Waals surface area contributed by atoms with Crippen LogP contribution in [0.5, 0.6) is 0 Å². The Balaban J connectivity index is 1.46. The highest BCUT2D eigenvalue weighted by Crippen LogP contribution is 2.24. The molecule has 116 valence electrons. The average Bonchev–Trinajstić information content (AvgIpc) is 3.20. The number of anilines is 1. The molecule has 1 saturated heterocycles. The van der Waals surface area contributed by atoms with Gasteiger partial charge < -0.3 is 15.4 Å². The maximum atomic E-state index is 11.9. The van der Waals surface area contributed by atoms with E-state index in [0.717, 1.165) is 37.3 Å². The average molecular weight is 317 g/mol. The molecule has 1 atom stereocenters. The van der Waals surface area contributed by atoms with Crippen LogP contribution >= 0.6 is 11.3 Å². The molecular weight excluding hydrogens is 298 g/mol. The van der Waals surface area contributed by atoms with Crippen LogP contribution in [0.2, 0.25) is 0 Å². The fourth-order valence-electron chi connectivity index (χ4n) is 2.39. The van der Waals surface area contributed by atoms with Gasteiger partial charge in [-0.1, -0.05) is 30.3 Å². The maximum absolute atomic E-state index is 11.9. The normalized spacial score (nSPS) is 17.5. The Morgan fingerprint density at radius 2 is 2.23 bits per heavy atom. The third kappa shape index (κ3) is 4.13. The molecule has 1 aliphatic heterocycles. The summed E-state index contributed by atoms with van der Waals surface area (Å²) in [5.41, 5.74) is 1.93. The Labute approximate surface area is 133 Å². The summed E-state index contributed by atoms with van der Waals surface area (Å²) >= 11 is 1.44. The minimum absolute atomic E-state index is 0.0769. The molecule has 0 bridgehead atoms. The molecular formula is C16H19N3O2S. The summed E-state index contributed by atoms with van der Waals surface area (Å²) in [7, 11) is 0. The molecule has 1 fully saturated rings. The van der Waals surface area contributed by atoms with Gasteiger partial charge in [0.25, 0.3) is 0 Å². The van der Waals surface area contributed by atoms with Gasteiger partial charge in [-0.05, 0) is 12.8 Å². The molecule has 0 radical (unpaired) electrons. The summed E-state index contributed by atoms with van der Waals surface area (Å²) in [5.74, 6) is -0.0769. The van der Waals surface area contributed by atoms with Gasteiger partial charge in [0.15, 0.2) is 5.13 Å². The van der Waals surface area contributed by atoms with Crippen LogP contribution in [0.25, 0.3) is 11.3 Å². The van der Waals surface area contributed by atoms with E-state index in [1.807, 2.05) is 35.7 Å².